The van der Waals surface area contributed by atoms with E-state index in [9.17, 15) is 0 Å². The molecule has 0 bridgehead atoms. The van der Waals surface area contributed by atoms with E-state index >= 15 is 0 Å². The van der Waals surface area contributed by atoms with Crippen molar-refractivity contribution in [3.63, 3.8) is 0 Å². The molecule has 37 heavy (non-hydrogen) atoms. The number of hydrogen-bond acceptors (Lipinski definition) is 3. The molecule has 1 aliphatic heterocycles. The van der Waals surface area contributed by atoms with Crippen LogP contribution < -0.4 is 4.90 Å². The second kappa shape index (κ2) is 15.5. The van der Waals surface area contributed by atoms with E-state index in [0.29, 0.717) is 0 Å². The van der Waals surface area contributed by atoms with Gasteiger partial charge in [-0.1, -0.05) is 84.2 Å². The van der Waals surface area contributed by atoms with Crippen LogP contribution in [0.25, 0.3) is 5.57 Å². The molecule has 202 valence electrons. The Kier molecular flexibility index (Phi) is 12.7. The SMILES string of the molecule is C=CN(CCCN1CCC2=C(Cc3ccc(CC)cc32)C1)c1ccccc1CC(=C)N(C)C.CC.CC. The molecular weight excluding hydrogens is 450 g/mol. The first-order valence-corrected chi connectivity index (χ1v) is 14.4. The van der Waals surface area contributed by atoms with Gasteiger partial charge < -0.3 is 9.80 Å². The molecule has 0 atom stereocenters. The summed E-state index contributed by atoms with van der Waals surface area (Å²) in [4.78, 5) is 7.05. The highest BCUT2D eigenvalue weighted by Crippen LogP contribution is 2.38. The van der Waals surface area contributed by atoms with Crippen molar-refractivity contribution in [2.75, 3.05) is 45.2 Å². The number of anilines is 1. The average Bonchev–Trinajstić information content (AvgIpc) is 3.30. The van der Waals surface area contributed by atoms with E-state index in [1.165, 1.54) is 40.9 Å². The maximum absolute atomic E-state index is 4.22. The number of fused-ring (bicyclic) bond motifs is 2. The van der Waals surface area contributed by atoms with E-state index in [-0.39, 0.29) is 0 Å². The molecule has 0 unspecified atom stereocenters. The Balaban J connectivity index is 0.00000115. The lowest BCUT2D eigenvalue weighted by molar-refractivity contribution is 0.291. The fraction of sp³-hybridized carbons (Fsp3) is 0.471. The maximum atomic E-state index is 4.22. The van der Waals surface area contributed by atoms with Crippen LogP contribution in [-0.4, -0.2) is 50.1 Å². The highest BCUT2D eigenvalue weighted by Gasteiger charge is 2.27. The number of para-hydroxylation sites is 1. The summed E-state index contributed by atoms with van der Waals surface area (Å²) < 4.78 is 0. The molecule has 2 aliphatic rings. The monoisotopic (exact) mass is 501 g/mol. The molecule has 0 saturated carbocycles. The zero-order chi connectivity index (χ0) is 27.4. The van der Waals surface area contributed by atoms with Gasteiger partial charge in [-0.3, -0.25) is 4.90 Å². The van der Waals surface area contributed by atoms with E-state index in [1.54, 1.807) is 11.1 Å². The van der Waals surface area contributed by atoms with Crippen LogP contribution in [0.4, 0.5) is 5.69 Å². The summed E-state index contributed by atoms with van der Waals surface area (Å²) in [6.07, 6.45) is 7.42. The Morgan fingerprint density at radius 2 is 1.78 bits per heavy atom. The lowest BCUT2D eigenvalue weighted by atomic mass is 9.97. The van der Waals surface area contributed by atoms with E-state index in [1.807, 2.05) is 33.9 Å². The number of allylic oxidation sites excluding steroid dienone is 1. The first kappa shape index (κ1) is 30.4. The zero-order valence-electron chi connectivity index (χ0n) is 24.7. The second-order valence-corrected chi connectivity index (χ2v) is 9.63. The standard InChI is InChI=1S/C30H39N3.2C2H6/c1-6-24-13-14-25-21-27-22-32(18-15-28(27)29(25)20-24)16-10-17-33(7-2)30-12-9-8-11-26(30)19-23(3)31(4)5;2*1-2/h7-9,11-14,20H,2-3,6,10,15-19,21-22H2,1,4-5H3;2*1-2H3. The molecule has 4 rings (SSSR count). The minimum absolute atomic E-state index is 0.858. The van der Waals surface area contributed by atoms with Crippen LogP contribution in [-0.2, 0) is 19.3 Å². The maximum Gasteiger partial charge on any atom is 0.0442 e. The Morgan fingerprint density at radius 3 is 2.46 bits per heavy atom. The molecule has 0 saturated heterocycles. The summed E-state index contributed by atoms with van der Waals surface area (Å²) in [6.45, 7) is 23.0. The molecule has 0 fully saturated rings. The lowest BCUT2D eigenvalue weighted by Gasteiger charge is -2.30. The summed E-state index contributed by atoms with van der Waals surface area (Å²) >= 11 is 0. The number of nitrogens with zero attached hydrogens (tertiary/aromatic N) is 3. The summed E-state index contributed by atoms with van der Waals surface area (Å²) in [5.74, 6) is 0. The Bertz CT molecular complexity index is 1050. The van der Waals surface area contributed by atoms with Crippen LogP contribution in [0.1, 0.15) is 69.7 Å². The number of benzene rings is 2. The molecule has 1 aliphatic carbocycles. The number of rotatable bonds is 10. The van der Waals surface area contributed by atoms with Crippen molar-refractivity contribution in [2.45, 2.75) is 66.7 Å². The molecule has 0 N–H and O–H groups in total. The first-order valence-electron chi connectivity index (χ1n) is 14.4. The van der Waals surface area contributed by atoms with E-state index in [4.69, 9.17) is 0 Å². The van der Waals surface area contributed by atoms with Crippen molar-refractivity contribution in [1.29, 1.82) is 0 Å². The van der Waals surface area contributed by atoms with Crippen LogP contribution >= 0.6 is 0 Å². The average molecular weight is 502 g/mol. The first-order chi connectivity index (χ1) is 18.0. The van der Waals surface area contributed by atoms with Crippen molar-refractivity contribution in [3.8, 4) is 0 Å². The zero-order valence-corrected chi connectivity index (χ0v) is 24.7. The van der Waals surface area contributed by atoms with Gasteiger partial charge in [0.2, 0.25) is 0 Å². The van der Waals surface area contributed by atoms with Crippen molar-refractivity contribution in [1.82, 2.24) is 9.80 Å². The second-order valence-electron chi connectivity index (χ2n) is 9.63. The van der Waals surface area contributed by atoms with Crippen LogP contribution in [0.5, 0.6) is 0 Å². The van der Waals surface area contributed by atoms with Gasteiger partial charge in [-0.05, 0) is 71.3 Å². The number of likely N-dealkylation sites (N-methyl/N-ethyl adjacent to an activating group) is 1. The predicted octanol–water partition coefficient (Wildman–Crippen LogP) is 7.97. The van der Waals surface area contributed by atoms with Gasteiger partial charge >= 0.3 is 0 Å². The van der Waals surface area contributed by atoms with Crippen molar-refractivity contribution in [2.24, 2.45) is 0 Å². The quantitative estimate of drug-likeness (QED) is 0.327. The molecular formula is C34H51N3. The third kappa shape index (κ3) is 7.85. The normalized spacial score (nSPS) is 13.9. The van der Waals surface area contributed by atoms with Gasteiger partial charge in [-0.15, -0.1) is 0 Å². The van der Waals surface area contributed by atoms with Crippen LogP contribution in [0, 0.1) is 0 Å². The number of hydrogen-bond donors (Lipinski definition) is 0. The predicted molar refractivity (Wildman–Crippen MR) is 165 cm³/mol. The van der Waals surface area contributed by atoms with Crippen LogP contribution in [0.15, 0.2) is 73.1 Å². The summed E-state index contributed by atoms with van der Waals surface area (Å²) in [7, 11) is 4.11. The van der Waals surface area contributed by atoms with Gasteiger partial charge in [-0.25, -0.2) is 0 Å². The molecule has 0 aromatic heterocycles. The Labute approximate surface area is 228 Å². The highest BCUT2D eigenvalue weighted by atomic mass is 15.1. The molecule has 3 nitrogen and oxygen atoms in total. The summed E-state index contributed by atoms with van der Waals surface area (Å²) in [5.41, 5.74) is 11.5. The lowest BCUT2D eigenvalue weighted by Crippen LogP contribution is -2.33. The minimum atomic E-state index is 0.858. The van der Waals surface area contributed by atoms with Gasteiger partial charge in [0.15, 0.2) is 0 Å². The molecule has 0 spiro atoms. The van der Waals surface area contributed by atoms with E-state index in [2.05, 4.69) is 91.3 Å². The van der Waals surface area contributed by atoms with Crippen molar-refractivity contribution < 1.29 is 0 Å². The summed E-state index contributed by atoms with van der Waals surface area (Å²) in [5, 5.41) is 0. The summed E-state index contributed by atoms with van der Waals surface area (Å²) in [6, 6.07) is 15.8. The Hall–Kier alpha value is -2.78. The van der Waals surface area contributed by atoms with Crippen molar-refractivity contribution in [3.05, 3.63) is 95.3 Å². The van der Waals surface area contributed by atoms with Crippen LogP contribution in [0.3, 0.4) is 0 Å². The fourth-order valence-electron chi connectivity index (χ4n) is 5.17. The largest absolute Gasteiger partial charge is 0.381 e. The van der Waals surface area contributed by atoms with E-state index < -0.39 is 0 Å². The molecule has 2 aromatic carbocycles. The molecule has 0 amide bonds. The smallest absolute Gasteiger partial charge is 0.0442 e. The molecule has 1 heterocycles. The Morgan fingerprint density at radius 1 is 1.05 bits per heavy atom. The van der Waals surface area contributed by atoms with Gasteiger partial charge in [0.05, 0.1) is 0 Å². The fourth-order valence-corrected chi connectivity index (χ4v) is 5.17. The third-order valence-electron chi connectivity index (χ3n) is 7.25. The van der Waals surface area contributed by atoms with Crippen LogP contribution in [0.2, 0.25) is 0 Å². The minimum Gasteiger partial charge on any atom is -0.381 e. The molecule has 3 heteroatoms. The molecule has 0 radical (unpaired) electrons. The molecule has 2 aromatic rings. The number of aryl methyl sites for hydroxylation is 1. The van der Waals surface area contributed by atoms with Gasteiger partial charge in [0.25, 0.3) is 0 Å². The topological polar surface area (TPSA) is 9.72 Å². The van der Waals surface area contributed by atoms with Gasteiger partial charge in [-0.2, -0.15) is 0 Å². The third-order valence-corrected chi connectivity index (χ3v) is 7.25. The van der Waals surface area contributed by atoms with E-state index in [0.717, 1.165) is 51.0 Å². The van der Waals surface area contributed by atoms with Gasteiger partial charge in [0.1, 0.15) is 0 Å². The van der Waals surface area contributed by atoms with Crippen molar-refractivity contribution >= 4 is 11.3 Å². The van der Waals surface area contributed by atoms with Gasteiger partial charge in [0, 0.05) is 58.1 Å². The highest BCUT2D eigenvalue weighted by molar-refractivity contribution is 5.78.